The van der Waals surface area contributed by atoms with E-state index in [9.17, 15) is 18.0 Å². The fourth-order valence-electron chi connectivity index (χ4n) is 1.34. The summed E-state index contributed by atoms with van der Waals surface area (Å²) < 4.78 is 37.1. The lowest BCUT2D eigenvalue weighted by Gasteiger charge is -2.41. The molecule has 0 spiro atoms. The van der Waals surface area contributed by atoms with Crippen LogP contribution in [0, 0.1) is 0 Å². The van der Waals surface area contributed by atoms with Crippen LogP contribution in [0.25, 0.3) is 0 Å². The summed E-state index contributed by atoms with van der Waals surface area (Å²) >= 11 is 0. The number of halogens is 3. The Morgan fingerprint density at radius 1 is 1.46 bits per heavy atom. The highest BCUT2D eigenvalue weighted by atomic mass is 19.4. The number of alkyl halides is 3. The van der Waals surface area contributed by atoms with Gasteiger partial charge < -0.3 is 5.32 Å². The van der Waals surface area contributed by atoms with Gasteiger partial charge in [-0.15, -0.1) is 0 Å². The number of hydrogen-bond donors (Lipinski definition) is 1. The van der Waals surface area contributed by atoms with Gasteiger partial charge in [-0.25, -0.2) is 0 Å². The molecule has 0 aromatic heterocycles. The molecule has 13 heavy (non-hydrogen) atoms. The van der Waals surface area contributed by atoms with E-state index in [1.165, 1.54) is 13.8 Å². The number of carbonyl (C=O) groups excluding carboxylic acids is 1. The average molecular weight is 196 g/mol. The maximum Gasteiger partial charge on any atom is 0.460 e. The van der Waals surface area contributed by atoms with E-state index in [0.29, 0.717) is 0 Å². The predicted molar refractivity (Wildman–Crippen MR) is 39.8 cm³/mol. The average Bonchev–Trinajstić information content (AvgIpc) is 1.92. The summed E-state index contributed by atoms with van der Waals surface area (Å²) in [6, 6.07) is 0. The topological polar surface area (TPSA) is 32.3 Å². The molecule has 1 fully saturated rings. The van der Waals surface area contributed by atoms with Crippen LogP contribution in [0.1, 0.15) is 13.8 Å². The summed E-state index contributed by atoms with van der Waals surface area (Å²) in [5.41, 5.74) is -1.50. The number of rotatable bonds is 0. The first kappa shape index (κ1) is 10.3. The van der Waals surface area contributed by atoms with Crippen molar-refractivity contribution < 1.29 is 18.0 Å². The zero-order chi connectivity index (χ0) is 10.3. The molecule has 0 bridgehead atoms. The standard InChI is InChI=1S/C7H11F3N2O/c1-6(2)5(13)11-3-4-12(6)7(8,9)10/h3-4H2,1-2H3,(H,11,13). The van der Waals surface area contributed by atoms with E-state index < -0.39 is 17.7 Å². The Morgan fingerprint density at radius 2 is 2.00 bits per heavy atom. The fourth-order valence-corrected chi connectivity index (χ4v) is 1.34. The van der Waals surface area contributed by atoms with Crippen molar-refractivity contribution in [3.8, 4) is 0 Å². The predicted octanol–water partition coefficient (Wildman–Crippen LogP) is 0.717. The number of nitrogens with one attached hydrogen (secondary N) is 1. The quantitative estimate of drug-likeness (QED) is 0.579. The minimum atomic E-state index is -4.44. The number of amides is 1. The van der Waals surface area contributed by atoms with Crippen LogP contribution in [0.2, 0.25) is 0 Å². The molecule has 0 unspecified atom stereocenters. The van der Waals surface area contributed by atoms with Gasteiger partial charge in [0.15, 0.2) is 0 Å². The van der Waals surface area contributed by atoms with Gasteiger partial charge in [-0.05, 0) is 13.8 Å². The molecule has 6 heteroatoms. The lowest BCUT2D eigenvalue weighted by molar-refractivity contribution is -0.272. The third-order valence-corrected chi connectivity index (χ3v) is 2.16. The first-order chi connectivity index (χ1) is 5.76. The maximum absolute atomic E-state index is 12.4. The van der Waals surface area contributed by atoms with Gasteiger partial charge in [0.25, 0.3) is 0 Å². The van der Waals surface area contributed by atoms with Crippen molar-refractivity contribution in [2.75, 3.05) is 13.1 Å². The van der Waals surface area contributed by atoms with Crippen molar-refractivity contribution >= 4 is 5.91 Å². The van der Waals surface area contributed by atoms with Gasteiger partial charge in [0.1, 0.15) is 5.54 Å². The first-order valence-electron chi connectivity index (χ1n) is 3.89. The SMILES string of the molecule is CC1(C)C(=O)NCCN1C(F)(F)F. The van der Waals surface area contributed by atoms with E-state index in [1.807, 2.05) is 0 Å². The fraction of sp³-hybridized carbons (Fsp3) is 0.857. The van der Waals surface area contributed by atoms with Crippen LogP contribution in [-0.2, 0) is 4.79 Å². The van der Waals surface area contributed by atoms with Crippen LogP contribution in [0.4, 0.5) is 13.2 Å². The van der Waals surface area contributed by atoms with Gasteiger partial charge in [0.2, 0.25) is 5.91 Å². The highest BCUT2D eigenvalue weighted by molar-refractivity contribution is 5.86. The van der Waals surface area contributed by atoms with Crippen LogP contribution < -0.4 is 5.32 Å². The molecular weight excluding hydrogens is 185 g/mol. The first-order valence-corrected chi connectivity index (χ1v) is 3.89. The third kappa shape index (κ3) is 1.77. The Bertz CT molecular complexity index is 224. The van der Waals surface area contributed by atoms with E-state index in [4.69, 9.17) is 0 Å². The van der Waals surface area contributed by atoms with Crippen LogP contribution in [-0.4, -0.2) is 35.7 Å². The van der Waals surface area contributed by atoms with Crippen molar-refractivity contribution in [3.63, 3.8) is 0 Å². The summed E-state index contributed by atoms with van der Waals surface area (Å²) in [4.78, 5) is 11.4. The number of carbonyl (C=O) groups is 1. The van der Waals surface area contributed by atoms with Crippen molar-refractivity contribution in [2.24, 2.45) is 0 Å². The Hall–Kier alpha value is -0.780. The smallest absolute Gasteiger partial charge is 0.353 e. The largest absolute Gasteiger partial charge is 0.460 e. The maximum atomic E-state index is 12.4. The van der Waals surface area contributed by atoms with E-state index >= 15 is 0 Å². The summed E-state index contributed by atoms with van der Waals surface area (Å²) in [6.45, 7) is 2.37. The molecule has 0 saturated carbocycles. The van der Waals surface area contributed by atoms with Crippen molar-refractivity contribution in [1.82, 2.24) is 10.2 Å². The molecule has 1 saturated heterocycles. The van der Waals surface area contributed by atoms with E-state index in [2.05, 4.69) is 5.32 Å². The zero-order valence-corrected chi connectivity index (χ0v) is 7.40. The second-order valence-electron chi connectivity index (χ2n) is 3.43. The van der Waals surface area contributed by atoms with Crippen molar-refractivity contribution in [2.45, 2.75) is 25.7 Å². The molecule has 1 aliphatic rings. The van der Waals surface area contributed by atoms with Gasteiger partial charge in [-0.2, -0.15) is 18.1 Å². The molecule has 0 radical (unpaired) electrons. The van der Waals surface area contributed by atoms with E-state index in [1.54, 1.807) is 0 Å². The van der Waals surface area contributed by atoms with Gasteiger partial charge in [0.05, 0.1) is 0 Å². The van der Waals surface area contributed by atoms with Gasteiger partial charge in [-0.3, -0.25) is 4.79 Å². The zero-order valence-electron chi connectivity index (χ0n) is 7.40. The van der Waals surface area contributed by atoms with Crippen LogP contribution in [0.3, 0.4) is 0 Å². The molecule has 1 amide bonds. The lowest BCUT2D eigenvalue weighted by atomic mass is 10.00. The highest BCUT2D eigenvalue weighted by Gasteiger charge is 2.51. The van der Waals surface area contributed by atoms with Crippen molar-refractivity contribution in [3.05, 3.63) is 0 Å². The molecule has 0 atom stereocenters. The summed E-state index contributed by atoms with van der Waals surface area (Å²) in [7, 11) is 0. The third-order valence-electron chi connectivity index (χ3n) is 2.16. The van der Waals surface area contributed by atoms with Gasteiger partial charge >= 0.3 is 6.30 Å². The van der Waals surface area contributed by atoms with Crippen LogP contribution >= 0.6 is 0 Å². The normalized spacial score (nSPS) is 24.2. The molecule has 3 nitrogen and oxygen atoms in total. The monoisotopic (exact) mass is 196 g/mol. The summed E-state index contributed by atoms with van der Waals surface area (Å²) in [6.07, 6.45) is -4.44. The Balaban J connectivity index is 2.91. The molecule has 76 valence electrons. The summed E-state index contributed by atoms with van der Waals surface area (Å²) in [5.74, 6) is -0.587. The minimum Gasteiger partial charge on any atom is -0.353 e. The molecule has 1 aliphatic heterocycles. The molecular formula is C7H11F3N2O. The van der Waals surface area contributed by atoms with E-state index in [0.717, 1.165) is 0 Å². The molecule has 1 heterocycles. The Kier molecular flexibility index (Phi) is 2.27. The molecule has 1 N–H and O–H groups in total. The molecule has 0 aliphatic carbocycles. The lowest BCUT2D eigenvalue weighted by Crippen LogP contribution is -2.65. The van der Waals surface area contributed by atoms with Crippen LogP contribution in [0.5, 0.6) is 0 Å². The van der Waals surface area contributed by atoms with Crippen LogP contribution in [0.15, 0.2) is 0 Å². The molecule has 1 rings (SSSR count). The Labute approximate surface area is 73.9 Å². The van der Waals surface area contributed by atoms with Gasteiger partial charge in [0, 0.05) is 13.1 Å². The number of nitrogens with zero attached hydrogens (tertiary/aromatic N) is 1. The molecule has 0 aromatic carbocycles. The van der Waals surface area contributed by atoms with Gasteiger partial charge in [-0.1, -0.05) is 0 Å². The second kappa shape index (κ2) is 2.87. The van der Waals surface area contributed by atoms with Crippen molar-refractivity contribution in [1.29, 1.82) is 0 Å². The van der Waals surface area contributed by atoms with E-state index in [-0.39, 0.29) is 18.0 Å². The molecule has 0 aromatic rings. The summed E-state index contributed by atoms with van der Waals surface area (Å²) in [5, 5.41) is 2.39. The minimum absolute atomic E-state index is 0.0434. The highest BCUT2D eigenvalue weighted by Crippen LogP contribution is 2.30. The number of piperazine rings is 1. The number of hydrogen-bond acceptors (Lipinski definition) is 2. The Morgan fingerprint density at radius 3 is 2.38 bits per heavy atom. The second-order valence-corrected chi connectivity index (χ2v) is 3.43.